The largest absolute Gasteiger partial charge is 0.435 e. The van der Waals surface area contributed by atoms with E-state index in [1.54, 1.807) is 0 Å². The van der Waals surface area contributed by atoms with Gasteiger partial charge in [-0.1, -0.05) is 46.3 Å². The Hall–Kier alpha value is -1.63. The molecule has 1 heterocycles. The highest BCUT2D eigenvalue weighted by Crippen LogP contribution is 2.27. The van der Waals surface area contributed by atoms with E-state index in [1.165, 1.54) is 6.07 Å². The summed E-state index contributed by atoms with van der Waals surface area (Å²) in [6, 6.07) is 12.0. The highest BCUT2D eigenvalue weighted by molar-refractivity contribution is 9.09. The molecule has 0 spiro atoms. The zero-order valence-corrected chi connectivity index (χ0v) is 12.6. The fourth-order valence-corrected chi connectivity index (χ4v) is 2.25. The van der Waals surface area contributed by atoms with Gasteiger partial charge in [0.1, 0.15) is 0 Å². The molecule has 1 aromatic carbocycles. The Morgan fingerprint density at radius 3 is 2.24 bits per heavy atom. The predicted molar refractivity (Wildman–Crippen MR) is 78.3 cm³/mol. The van der Waals surface area contributed by atoms with Crippen molar-refractivity contribution >= 4 is 21.7 Å². The molecule has 21 heavy (non-hydrogen) atoms. The molecule has 3 nitrogen and oxygen atoms in total. The van der Waals surface area contributed by atoms with Crippen LogP contribution in [0.1, 0.15) is 11.3 Å². The molecule has 0 radical (unpaired) electrons. The summed E-state index contributed by atoms with van der Waals surface area (Å²) in [5.41, 5.74) is 0.0740. The smallest absolute Gasteiger partial charge is 0.350 e. The fraction of sp³-hybridized carbons (Fsp3) is 0.286. The van der Waals surface area contributed by atoms with E-state index in [0.717, 1.165) is 11.6 Å². The monoisotopic (exact) mass is 359 g/mol. The summed E-state index contributed by atoms with van der Waals surface area (Å²) >= 11 is 3.34. The molecule has 0 N–H and O–H groups in total. The molecule has 0 aliphatic rings. The maximum atomic E-state index is 12.5. The predicted octanol–water partition coefficient (Wildman–Crippen LogP) is 3.90. The lowest BCUT2D eigenvalue weighted by Gasteiger charge is -2.22. The molecule has 7 heteroatoms. The van der Waals surface area contributed by atoms with Gasteiger partial charge in [0.15, 0.2) is 11.5 Å². The Balaban J connectivity index is 2.18. The van der Waals surface area contributed by atoms with Crippen molar-refractivity contribution in [3.8, 4) is 0 Å². The van der Waals surface area contributed by atoms with E-state index < -0.39 is 11.9 Å². The summed E-state index contributed by atoms with van der Waals surface area (Å²) in [4.78, 5) is 1.87. The van der Waals surface area contributed by atoms with E-state index in [-0.39, 0.29) is 0 Å². The van der Waals surface area contributed by atoms with Gasteiger partial charge in [-0.2, -0.15) is 13.2 Å². The molecule has 0 amide bonds. The quantitative estimate of drug-likeness (QED) is 0.758. The Labute approximate surface area is 128 Å². The summed E-state index contributed by atoms with van der Waals surface area (Å²) in [6.07, 6.45) is -4.47. The molecule has 0 bridgehead atoms. The number of aromatic nitrogens is 2. The molecule has 0 aliphatic carbocycles. The van der Waals surface area contributed by atoms with Crippen molar-refractivity contribution in [2.75, 3.05) is 16.8 Å². The van der Waals surface area contributed by atoms with Crippen LogP contribution in [-0.2, 0) is 12.7 Å². The lowest BCUT2D eigenvalue weighted by Crippen LogP contribution is -2.26. The van der Waals surface area contributed by atoms with Crippen molar-refractivity contribution in [1.82, 2.24) is 10.2 Å². The molecule has 0 atom stereocenters. The minimum absolute atomic E-state index is 0.423. The number of hydrogen-bond acceptors (Lipinski definition) is 3. The van der Waals surface area contributed by atoms with Crippen molar-refractivity contribution < 1.29 is 13.2 Å². The standard InChI is InChI=1S/C14H13BrF3N3/c15-8-9-21(10-11-4-2-1-3-5-11)13-7-6-12(19-20-13)14(16,17)18/h1-7H,8-10H2. The van der Waals surface area contributed by atoms with Crippen LogP contribution in [0.4, 0.5) is 19.0 Å². The van der Waals surface area contributed by atoms with Crippen molar-refractivity contribution in [3.63, 3.8) is 0 Å². The highest BCUT2D eigenvalue weighted by atomic mass is 79.9. The number of hydrogen-bond donors (Lipinski definition) is 0. The topological polar surface area (TPSA) is 29.0 Å². The van der Waals surface area contributed by atoms with Crippen molar-refractivity contribution in [3.05, 3.63) is 53.7 Å². The first kappa shape index (κ1) is 15.8. The summed E-state index contributed by atoms with van der Waals surface area (Å²) in [5.74, 6) is 0.423. The molecule has 1 aromatic heterocycles. The molecule has 2 rings (SSSR count). The molecule has 0 unspecified atom stereocenters. The maximum absolute atomic E-state index is 12.5. The number of benzene rings is 1. The Kier molecular flexibility index (Phi) is 5.17. The second-order valence-corrected chi connectivity index (χ2v) is 5.16. The Bertz CT molecular complexity index is 558. The molecular weight excluding hydrogens is 347 g/mol. The van der Waals surface area contributed by atoms with Gasteiger partial charge >= 0.3 is 6.18 Å². The lowest BCUT2D eigenvalue weighted by molar-refractivity contribution is -0.141. The zero-order valence-electron chi connectivity index (χ0n) is 11.0. The van der Waals surface area contributed by atoms with Gasteiger partial charge in [-0.3, -0.25) is 0 Å². The first-order valence-electron chi connectivity index (χ1n) is 6.26. The maximum Gasteiger partial charge on any atom is 0.435 e. The van der Waals surface area contributed by atoms with Crippen LogP contribution in [0.15, 0.2) is 42.5 Å². The van der Waals surface area contributed by atoms with E-state index in [4.69, 9.17) is 0 Å². The van der Waals surface area contributed by atoms with Gasteiger partial charge in [-0.25, -0.2) is 0 Å². The van der Waals surface area contributed by atoms with Crippen LogP contribution in [0.25, 0.3) is 0 Å². The van der Waals surface area contributed by atoms with E-state index >= 15 is 0 Å². The average molecular weight is 360 g/mol. The summed E-state index contributed by atoms with van der Waals surface area (Å²) in [7, 11) is 0. The SMILES string of the molecule is FC(F)(F)c1ccc(N(CCBr)Cc2ccccc2)nn1. The highest BCUT2D eigenvalue weighted by Gasteiger charge is 2.33. The first-order chi connectivity index (χ1) is 10.0. The molecule has 112 valence electrons. The second kappa shape index (κ2) is 6.89. The van der Waals surface area contributed by atoms with Crippen molar-refractivity contribution in [1.29, 1.82) is 0 Å². The van der Waals surface area contributed by atoms with Gasteiger partial charge in [0.25, 0.3) is 0 Å². The Morgan fingerprint density at radius 2 is 1.71 bits per heavy atom. The molecule has 2 aromatic rings. The van der Waals surface area contributed by atoms with Crippen LogP contribution < -0.4 is 4.90 Å². The fourth-order valence-electron chi connectivity index (χ4n) is 1.83. The van der Waals surface area contributed by atoms with E-state index in [2.05, 4.69) is 26.1 Å². The third-order valence-corrected chi connectivity index (χ3v) is 3.19. The van der Waals surface area contributed by atoms with Crippen LogP contribution in [0.5, 0.6) is 0 Å². The van der Waals surface area contributed by atoms with Gasteiger partial charge in [0.05, 0.1) is 0 Å². The van der Waals surface area contributed by atoms with Crippen molar-refractivity contribution in [2.45, 2.75) is 12.7 Å². The summed E-state index contributed by atoms with van der Waals surface area (Å²) in [6.45, 7) is 1.18. The van der Waals surface area contributed by atoms with Crippen LogP contribution in [0, 0.1) is 0 Å². The average Bonchev–Trinajstić information content (AvgIpc) is 2.47. The van der Waals surface area contributed by atoms with Crippen LogP contribution in [0.3, 0.4) is 0 Å². The van der Waals surface area contributed by atoms with Gasteiger partial charge in [-0.15, -0.1) is 10.2 Å². The second-order valence-electron chi connectivity index (χ2n) is 4.37. The Morgan fingerprint density at radius 1 is 1.00 bits per heavy atom. The normalized spacial score (nSPS) is 11.4. The first-order valence-corrected chi connectivity index (χ1v) is 7.38. The number of halogens is 4. The third kappa shape index (κ3) is 4.42. The number of anilines is 1. The van der Waals surface area contributed by atoms with E-state index in [0.29, 0.717) is 24.2 Å². The minimum atomic E-state index is -4.47. The van der Waals surface area contributed by atoms with E-state index in [9.17, 15) is 13.2 Å². The van der Waals surface area contributed by atoms with Crippen LogP contribution >= 0.6 is 15.9 Å². The minimum Gasteiger partial charge on any atom is -0.350 e. The van der Waals surface area contributed by atoms with Crippen LogP contribution in [0.2, 0.25) is 0 Å². The van der Waals surface area contributed by atoms with Gasteiger partial charge in [0.2, 0.25) is 0 Å². The molecule has 0 aliphatic heterocycles. The lowest BCUT2D eigenvalue weighted by atomic mass is 10.2. The number of nitrogens with zero attached hydrogens (tertiary/aromatic N) is 3. The van der Waals surface area contributed by atoms with Gasteiger partial charge in [0, 0.05) is 18.4 Å². The molecule has 0 fully saturated rings. The number of rotatable bonds is 5. The third-order valence-electron chi connectivity index (χ3n) is 2.84. The number of alkyl halides is 4. The molecular formula is C14H13BrF3N3. The van der Waals surface area contributed by atoms with Gasteiger partial charge < -0.3 is 4.90 Å². The summed E-state index contributed by atoms with van der Waals surface area (Å²) < 4.78 is 37.5. The van der Waals surface area contributed by atoms with Gasteiger partial charge in [-0.05, 0) is 17.7 Å². The summed E-state index contributed by atoms with van der Waals surface area (Å²) in [5, 5.41) is 7.64. The molecule has 0 saturated heterocycles. The zero-order chi connectivity index (χ0) is 15.3. The molecule has 0 saturated carbocycles. The van der Waals surface area contributed by atoms with Crippen molar-refractivity contribution in [2.24, 2.45) is 0 Å². The van der Waals surface area contributed by atoms with E-state index in [1.807, 2.05) is 35.2 Å². The van der Waals surface area contributed by atoms with Crippen LogP contribution in [-0.4, -0.2) is 22.1 Å².